The molecular formula is C25H32BN3OS. The molecule has 1 heterocycles. The fourth-order valence-corrected chi connectivity index (χ4v) is 4.76. The summed E-state index contributed by atoms with van der Waals surface area (Å²) < 4.78 is 0. The molecule has 1 N–H and O–H groups in total. The van der Waals surface area contributed by atoms with E-state index in [1.807, 2.05) is 48.2 Å². The molecule has 162 valence electrons. The Kier molecular flexibility index (Phi) is 9.36. The maximum Gasteiger partial charge on any atom is 0.271 e. The molecule has 6 heteroatoms. The van der Waals surface area contributed by atoms with Crippen LogP contribution >= 0.6 is 11.8 Å². The highest BCUT2D eigenvalue weighted by atomic mass is 32.2. The largest absolute Gasteiger partial charge is 0.373 e. The molecule has 4 nitrogen and oxygen atoms in total. The molecule has 0 bridgehead atoms. The van der Waals surface area contributed by atoms with Crippen molar-refractivity contribution in [2.24, 2.45) is 0 Å². The van der Waals surface area contributed by atoms with Crippen LogP contribution in [0.25, 0.3) is 0 Å². The highest BCUT2D eigenvalue weighted by molar-refractivity contribution is 7.99. The molecule has 0 spiro atoms. The van der Waals surface area contributed by atoms with E-state index in [1.165, 1.54) is 37.0 Å². The molecule has 2 aromatic rings. The van der Waals surface area contributed by atoms with Crippen molar-refractivity contribution in [3.05, 3.63) is 54.1 Å². The van der Waals surface area contributed by atoms with Crippen LogP contribution in [-0.2, 0) is 0 Å². The number of nitrogens with zero attached hydrogens (tertiary/aromatic N) is 2. The Labute approximate surface area is 191 Å². The van der Waals surface area contributed by atoms with Crippen LogP contribution in [0.2, 0.25) is 12.6 Å². The van der Waals surface area contributed by atoms with E-state index in [-0.39, 0.29) is 12.6 Å². The van der Waals surface area contributed by atoms with Crippen molar-refractivity contribution in [3.8, 4) is 5.97 Å². The maximum absolute atomic E-state index is 12.8. The number of nitrogens with one attached hydrogen (secondary N) is 1. The predicted octanol–water partition coefficient (Wildman–Crippen LogP) is 6.38. The molecule has 1 amide bonds. The van der Waals surface area contributed by atoms with Crippen LogP contribution in [0.3, 0.4) is 0 Å². The number of anilines is 2. The van der Waals surface area contributed by atoms with Gasteiger partial charge in [0.2, 0.25) is 0 Å². The molecule has 31 heavy (non-hydrogen) atoms. The number of carbonyl (C=O) groups excluding carboxylic acids is 1. The zero-order valence-corrected chi connectivity index (χ0v) is 19.3. The summed E-state index contributed by atoms with van der Waals surface area (Å²) in [5, 5.41) is 12.1. The lowest BCUT2D eigenvalue weighted by Crippen LogP contribution is -2.36. The molecule has 1 saturated heterocycles. The molecule has 2 aromatic carbocycles. The Morgan fingerprint density at radius 2 is 1.84 bits per heavy atom. The van der Waals surface area contributed by atoms with Gasteiger partial charge in [0, 0.05) is 40.9 Å². The van der Waals surface area contributed by atoms with Gasteiger partial charge < -0.3 is 10.2 Å². The third-order valence-electron chi connectivity index (χ3n) is 5.78. The third kappa shape index (κ3) is 7.36. The van der Waals surface area contributed by atoms with E-state index < -0.39 is 0 Å². The molecule has 1 aliphatic heterocycles. The number of unbranched alkanes of at least 4 members (excludes halogenated alkanes) is 4. The molecule has 3 rings (SSSR count). The third-order valence-corrected chi connectivity index (χ3v) is 6.88. The van der Waals surface area contributed by atoms with Gasteiger partial charge in [-0.3, -0.25) is 4.79 Å². The molecule has 0 aromatic heterocycles. The summed E-state index contributed by atoms with van der Waals surface area (Å²) >= 11 is 1.88. The molecular weight excluding hydrogens is 401 g/mol. The summed E-state index contributed by atoms with van der Waals surface area (Å²) in [6.07, 6.45) is 8.29. The van der Waals surface area contributed by atoms with E-state index in [2.05, 4.69) is 35.2 Å². The van der Waals surface area contributed by atoms with E-state index in [0.717, 1.165) is 42.9 Å². The Morgan fingerprint density at radius 1 is 1.10 bits per heavy atom. The van der Waals surface area contributed by atoms with Gasteiger partial charge in [-0.2, -0.15) is 0 Å². The SMILES string of the molecule is CCCCCCCSc1ccc(NC(=O)c2cccc(N3CCB(C#N)CC3)c2)cc1. The topological polar surface area (TPSA) is 56.1 Å². The average molecular weight is 433 g/mol. The second-order valence-corrected chi connectivity index (χ2v) is 9.35. The number of nitriles is 1. The summed E-state index contributed by atoms with van der Waals surface area (Å²) in [6.45, 7) is 4.12. The van der Waals surface area contributed by atoms with Gasteiger partial charge in [-0.05, 0) is 67.3 Å². The van der Waals surface area contributed by atoms with Crippen molar-refractivity contribution >= 4 is 35.8 Å². The summed E-state index contributed by atoms with van der Waals surface area (Å²) in [5.74, 6) is 3.42. The van der Waals surface area contributed by atoms with E-state index in [1.54, 1.807) is 0 Å². The second-order valence-electron chi connectivity index (χ2n) is 8.18. The smallest absolute Gasteiger partial charge is 0.271 e. The quantitative estimate of drug-likeness (QED) is 0.268. The van der Waals surface area contributed by atoms with Crippen molar-refractivity contribution in [1.29, 1.82) is 5.26 Å². The number of rotatable bonds is 10. The molecule has 1 fully saturated rings. The Hall–Kier alpha value is -2.39. The van der Waals surface area contributed by atoms with Crippen LogP contribution in [0.4, 0.5) is 11.4 Å². The number of thioether (sulfide) groups is 1. The van der Waals surface area contributed by atoms with Gasteiger partial charge >= 0.3 is 0 Å². The van der Waals surface area contributed by atoms with Crippen LogP contribution in [0, 0.1) is 11.2 Å². The van der Waals surface area contributed by atoms with E-state index >= 15 is 0 Å². The summed E-state index contributed by atoms with van der Waals surface area (Å²) in [6, 6.07) is 15.9. The molecule has 0 radical (unpaired) electrons. The molecule has 0 saturated carbocycles. The monoisotopic (exact) mass is 433 g/mol. The van der Waals surface area contributed by atoms with Crippen LogP contribution in [0.1, 0.15) is 49.4 Å². The second kappa shape index (κ2) is 12.5. The van der Waals surface area contributed by atoms with Gasteiger partial charge in [-0.25, -0.2) is 5.26 Å². The van der Waals surface area contributed by atoms with Gasteiger partial charge in [0.15, 0.2) is 0 Å². The maximum atomic E-state index is 12.8. The van der Waals surface area contributed by atoms with Gasteiger partial charge in [-0.1, -0.05) is 38.7 Å². The van der Waals surface area contributed by atoms with E-state index in [0.29, 0.717) is 5.56 Å². The lowest BCUT2D eigenvalue weighted by molar-refractivity contribution is 0.102. The Balaban J connectivity index is 1.49. The summed E-state index contributed by atoms with van der Waals surface area (Å²) in [4.78, 5) is 16.3. The summed E-state index contributed by atoms with van der Waals surface area (Å²) in [5.41, 5.74) is 2.53. The minimum atomic E-state index is -0.0925. The first-order valence-corrected chi connectivity index (χ1v) is 12.5. The standard InChI is InChI=1S/C25H32BN3OS/c1-2-3-4-5-6-18-31-24-12-10-22(11-13-24)28-25(30)21-8-7-9-23(19-21)29-16-14-26(20-27)15-17-29/h7-13,19H,2-6,14-18H2,1H3,(H,28,30). The Morgan fingerprint density at radius 3 is 2.55 bits per heavy atom. The van der Waals surface area contributed by atoms with E-state index in [9.17, 15) is 4.79 Å². The van der Waals surface area contributed by atoms with Gasteiger partial charge in [0.1, 0.15) is 0 Å². The van der Waals surface area contributed by atoms with Gasteiger partial charge in [-0.15, -0.1) is 11.8 Å². The molecule has 0 unspecified atom stereocenters. The highest BCUT2D eigenvalue weighted by Gasteiger charge is 2.23. The normalized spacial score (nSPS) is 13.7. The van der Waals surface area contributed by atoms with Crippen molar-refractivity contribution in [2.75, 3.05) is 29.1 Å². The first kappa shape index (κ1) is 23.3. The molecule has 0 atom stereocenters. The molecule has 1 aliphatic rings. The summed E-state index contributed by atoms with van der Waals surface area (Å²) in [7, 11) is 0. The van der Waals surface area contributed by atoms with Gasteiger partial charge in [0.05, 0.1) is 0 Å². The average Bonchev–Trinajstić information content (AvgIpc) is 2.82. The number of amides is 1. The zero-order valence-electron chi connectivity index (χ0n) is 18.5. The number of hydrogen-bond donors (Lipinski definition) is 1. The van der Waals surface area contributed by atoms with Crippen molar-refractivity contribution < 1.29 is 4.79 Å². The number of carbonyl (C=O) groups is 1. The van der Waals surface area contributed by atoms with Crippen LogP contribution < -0.4 is 10.2 Å². The van der Waals surface area contributed by atoms with E-state index in [4.69, 9.17) is 5.26 Å². The molecule has 0 aliphatic carbocycles. The van der Waals surface area contributed by atoms with Crippen LogP contribution in [-0.4, -0.2) is 31.5 Å². The van der Waals surface area contributed by atoms with Crippen molar-refractivity contribution in [1.82, 2.24) is 0 Å². The van der Waals surface area contributed by atoms with Crippen molar-refractivity contribution in [3.63, 3.8) is 0 Å². The van der Waals surface area contributed by atoms with Crippen molar-refractivity contribution in [2.45, 2.75) is 56.6 Å². The van der Waals surface area contributed by atoms with Gasteiger partial charge in [0.25, 0.3) is 12.6 Å². The van der Waals surface area contributed by atoms with Crippen LogP contribution in [0.15, 0.2) is 53.4 Å². The number of hydrogen-bond acceptors (Lipinski definition) is 4. The fourth-order valence-electron chi connectivity index (χ4n) is 3.84. The first-order valence-electron chi connectivity index (χ1n) is 11.5. The first-order chi connectivity index (χ1) is 15.2. The highest BCUT2D eigenvalue weighted by Crippen LogP contribution is 2.24. The minimum absolute atomic E-state index is 0.0925. The van der Waals surface area contributed by atoms with Crippen LogP contribution in [0.5, 0.6) is 0 Å². The fraction of sp³-hybridized carbons (Fsp3) is 0.440. The lowest BCUT2D eigenvalue weighted by atomic mass is 9.45. The number of benzene rings is 2. The lowest BCUT2D eigenvalue weighted by Gasteiger charge is -2.30. The minimum Gasteiger partial charge on any atom is -0.373 e. The Bertz CT molecular complexity index is 873. The zero-order chi connectivity index (χ0) is 21.9. The predicted molar refractivity (Wildman–Crippen MR) is 134 cm³/mol.